The zero-order valence-corrected chi connectivity index (χ0v) is 22.9. The van der Waals surface area contributed by atoms with Crippen LogP contribution in [0.4, 0.5) is 0 Å². The molecule has 204 valence electrons. The Morgan fingerprint density at radius 3 is 2.31 bits per heavy atom. The van der Waals surface area contributed by atoms with Crippen LogP contribution in [0.15, 0.2) is 79.1 Å². The molecule has 2 saturated heterocycles. The van der Waals surface area contributed by atoms with Gasteiger partial charge in [0.2, 0.25) is 11.8 Å². The molecule has 2 aromatic carbocycles. The molecule has 7 heteroatoms. The van der Waals surface area contributed by atoms with Gasteiger partial charge in [0.05, 0.1) is 0 Å². The van der Waals surface area contributed by atoms with Crippen molar-refractivity contribution in [3.63, 3.8) is 0 Å². The van der Waals surface area contributed by atoms with E-state index in [0.717, 1.165) is 36.5 Å². The number of piperazine rings is 1. The Bertz CT molecular complexity index is 1240. The van der Waals surface area contributed by atoms with Crippen LogP contribution in [0.3, 0.4) is 0 Å². The van der Waals surface area contributed by atoms with E-state index in [2.05, 4.69) is 53.3 Å². The van der Waals surface area contributed by atoms with Crippen molar-refractivity contribution < 1.29 is 14.3 Å². The molecule has 1 N–H and O–H groups in total. The van der Waals surface area contributed by atoms with Gasteiger partial charge in [0.25, 0.3) is 0 Å². The third-order valence-corrected chi connectivity index (χ3v) is 7.84. The molecular weight excluding hydrogens is 488 g/mol. The second kappa shape index (κ2) is 12.0. The van der Waals surface area contributed by atoms with Crippen molar-refractivity contribution in [2.45, 2.75) is 64.4 Å². The van der Waals surface area contributed by atoms with Gasteiger partial charge in [-0.05, 0) is 60.1 Å². The quantitative estimate of drug-likeness (QED) is 0.442. The van der Waals surface area contributed by atoms with Crippen molar-refractivity contribution in [1.82, 2.24) is 20.1 Å². The Morgan fingerprint density at radius 2 is 1.64 bits per heavy atom. The third kappa shape index (κ3) is 6.31. The van der Waals surface area contributed by atoms with Crippen LogP contribution in [0.1, 0.15) is 49.8 Å². The Hall–Kier alpha value is -3.71. The van der Waals surface area contributed by atoms with Crippen LogP contribution in [0, 0.1) is 5.92 Å². The molecular formula is C32H38N4O3. The van der Waals surface area contributed by atoms with Gasteiger partial charge >= 0.3 is 0 Å². The Kier molecular flexibility index (Phi) is 8.27. The molecule has 1 unspecified atom stereocenters. The minimum absolute atomic E-state index is 0.0174. The van der Waals surface area contributed by atoms with E-state index in [1.165, 1.54) is 5.56 Å². The largest absolute Gasteiger partial charge is 0.489 e. The summed E-state index contributed by atoms with van der Waals surface area (Å²) >= 11 is 0. The van der Waals surface area contributed by atoms with E-state index >= 15 is 0 Å². The van der Waals surface area contributed by atoms with Crippen molar-refractivity contribution in [3.8, 4) is 5.75 Å². The van der Waals surface area contributed by atoms with Gasteiger partial charge in [-0.1, -0.05) is 62.4 Å². The summed E-state index contributed by atoms with van der Waals surface area (Å²) in [5, 5.41) is 3.09. The van der Waals surface area contributed by atoms with Gasteiger partial charge in [-0.15, -0.1) is 0 Å². The Morgan fingerprint density at radius 1 is 0.923 bits per heavy atom. The molecule has 0 aliphatic carbocycles. The number of hydrogen-bond acceptors (Lipinski definition) is 5. The molecule has 2 aliphatic rings. The van der Waals surface area contributed by atoms with Crippen LogP contribution in [-0.2, 0) is 29.3 Å². The van der Waals surface area contributed by atoms with E-state index in [-0.39, 0.29) is 11.8 Å². The Balaban J connectivity index is 1.23. The zero-order chi connectivity index (χ0) is 27.2. The second-order valence-electron chi connectivity index (χ2n) is 11.2. The molecule has 0 bridgehead atoms. The molecule has 2 amide bonds. The number of hydrogen-bond donors (Lipinski definition) is 1. The number of likely N-dealkylation sites (tertiary alicyclic amines) is 1. The summed E-state index contributed by atoms with van der Waals surface area (Å²) in [5.41, 5.74) is 2.46. The zero-order valence-electron chi connectivity index (χ0n) is 22.9. The smallest absolute Gasteiger partial charge is 0.246 e. The average molecular weight is 527 g/mol. The second-order valence-corrected chi connectivity index (χ2v) is 11.2. The van der Waals surface area contributed by atoms with Gasteiger partial charge < -0.3 is 15.0 Å². The number of carbonyl (C=O) groups excluding carboxylic acids is 2. The van der Waals surface area contributed by atoms with E-state index in [4.69, 9.17) is 4.74 Å². The maximum Gasteiger partial charge on any atom is 0.246 e. The number of carbonyl (C=O) groups is 2. The fourth-order valence-electron chi connectivity index (χ4n) is 5.68. The highest BCUT2D eigenvalue weighted by atomic mass is 16.5. The molecule has 1 atom stereocenters. The number of piperidine rings is 1. The molecule has 0 saturated carbocycles. The number of pyridine rings is 1. The molecule has 5 rings (SSSR count). The summed E-state index contributed by atoms with van der Waals surface area (Å²) < 4.78 is 5.93. The minimum Gasteiger partial charge on any atom is -0.489 e. The fourth-order valence-corrected chi connectivity index (χ4v) is 5.68. The highest BCUT2D eigenvalue weighted by Gasteiger charge is 2.53. The van der Waals surface area contributed by atoms with Gasteiger partial charge in [-0.3, -0.25) is 19.5 Å². The predicted molar refractivity (Wildman–Crippen MR) is 151 cm³/mol. The van der Waals surface area contributed by atoms with E-state index in [1.807, 2.05) is 47.4 Å². The number of ether oxygens (including phenoxy) is 1. The van der Waals surface area contributed by atoms with Gasteiger partial charge in [-0.2, -0.15) is 0 Å². The number of benzene rings is 2. The predicted octanol–water partition coefficient (Wildman–Crippen LogP) is 4.57. The molecule has 39 heavy (non-hydrogen) atoms. The number of nitrogens with zero attached hydrogens (tertiary/aromatic N) is 3. The summed E-state index contributed by atoms with van der Waals surface area (Å²) in [4.78, 5) is 35.8. The SMILES string of the molecule is CC(C)CC1NC(=O)C2(CCN(Cc3ccc(OCc4ccccc4)cc3)CC2)N(Cc2cccnc2)C1=O. The summed E-state index contributed by atoms with van der Waals surface area (Å²) in [6, 6.07) is 21.8. The van der Waals surface area contributed by atoms with E-state index in [0.29, 0.717) is 38.3 Å². The molecule has 1 spiro atoms. The topological polar surface area (TPSA) is 74.8 Å². The summed E-state index contributed by atoms with van der Waals surface area (Å²) in [5.74, 6) is 1.16. The molecule has 2 aliphatic heterocycles. The van der Waals surface area contributed by atoms with Crippen LogP contribution in [0.2, 0.25) is 0 Å². The standard InChI is InChI=1S/C32H38N4O3/c1-24(2)19-29-30(37)36(22-27-9-6-16-33-20-27)32(31(38)34-29)14-17-35(18-15-32)21-25-10-12-28(13-11-25)39-23-26-7-4-3-5-8-26/h3-13,16,20,24,29H,14-15,17-19,21-23H2,1-2H3,(H,34,38). The maximum atomic E-state index is 13.7. The summed E-state index contributed by atoms with van der Waals surface area (Å²) in [6.07, 6.45) is 5.37. The highest BCUT2D eigenvalue weighted by molar-refractivity contribution is 6.00. The van der Waals surface area contributed by atoms with Crippen LogP contribution < -0.4 is 10.1 Å². The molecule has 0 radical (unpaired) electrons. The van der Waals surface area contributed by atoms with Crippen LogP contribution in [-0.4, -0.2) is 51.3 Å². The lowest BCUT2D eigenvalue weighted by molar-refractivity contribution is -0.162. The highest BCUT2D eigenvalue weighted by Crippen LogP contribution is 2.35. The lowest BCUT2D eigenvalue weighted by Gasteiger charge is -2.52. The third-order valence-electron chi connectivity index (χ3n) is 7.84. The van der Waals surface area contributed by atoms with Crippen molar-refractivity contribution >= 4 is 11.8 Å². The van der Waals surface area contributed by atoms with Crippen molar-refractivity contribution in [1.29, 1.82) is 0 Å². The first kappa shape index (κ1) is 26.9. The number of amides is 2. The van der Waals surface area contributed by atoms with Gasteiger partial charge in [0.1, 0.15) is 23.9 Å². The average Bonchev–Trinajstić information content (AvgIpc) is 2.95. The van der Waals surface area contributed by atoms with Gasteiger partial charge in [0, 0.05) is 38.6 Å². The molecule has 7 nitrogen and oxygen atoms in total. The van der Waals surface area contributed by atoms with Crippen LogP contribution in [0.25, 0.3) is 0 Å². The van der Waals surface area contributed by atoms with E-state index in [9.17, 15) is 9.59 Å². The maximum absolute atomic E-state index is 13.7. The summed E-state index contributed by atoms with van der Waals surface area (Å²) in [6.45, 7) is 7.38. The van der Waals surface area contributed by atoms with Gasteiger partial charge in [0.15, 0.2) is 0 Å². The van der Waals surface area contributed by atoms with Gasteiger partial charge in [-0.25, -0.2) is 0 Å². The normalized spacial score (nSPS) is 19.4. The first-order chi connectivity index (χ1) is 18.9. The first-order valence-electron chi connectivity index (χ1n) is 13.9. The molecule has 3 heterocycles. The number of aromatic nitrogens is 1. The first-order valence-corrected chi connectivity index (χ1v) is 13.9. The molecule has 1 aromatic heterocycles. The number of nitrogens with one attached hydrogen (secondary N) is 1. The minimum atomic E-state index is -0.827. The summed E-state index contributed by atoms with van der Waals surface area (Å²) in [7, 11) is 0. The molecule has 3 aromatic rings. The van der Waals surface area contributed by atoms with Crippen molar-refractivity contribution in [3.05, 3.63) is 95.8 Å². The molecule has 2 fully saturated rings. The Labute approximate surface area is 231 Å². The van der Waals surface area contributed by atoms with E-state index in [1.54, 1.807) is 12.4 Å². The fraction of sp³-hybridized carbons (Fsp3) is 0.406. The van der Waals surface area contributed by atoms with E-state index < -0.39 is 11.6 Å². The van der Waals surface area contributed by atoms with Crippen molar-refractivity contribution in [2.75, 3.05) is 13.1 Å². The van der Waals surface area contributed by atoms with Crippen LogP contribution in [0.5, 0.6) is 5.75 Å². The van der Waals surface area contributed by atoms with Crippen molar-refractivity contribution in [2.24, 2.45) is 5.92 Å². The lowest BCUT2D eigenvalue weighted by atomic mass is 9.80. The monoisotopic (exact) mass is 526 g/mol. The number of rotatable bonds is 9. The van der Waals surface area contributed by atoms with Crippen LogP contribution >= 0.6 is 0 Å². The lowest BCUT2D eigenvalue weighted by Crippen LogP contribution is -2.72.